The number of halogens is 1. The molecule has 5 nitrogen and oxygen atoms in total. The summed E-state index contributed by atoms with van der Waals surface area (Å²) in [5.41, 5.74) is 7.58. The van der Waals surface area contributed by atoms with E-state index in [2.05, 4.69) is 10.6 Å². The van der Waals surface area contributed by atoms with E-state index >= 15 is 0 Å². The predicted octanol–water partition coefficient (Wildman–Crippen LogP) is 1.66. The molecule has 0 heterocycles. The van der Waals surface area contributed by atoms with Crippen LogP contribution in [0.5, 0.6) is 0 Å². The van der Waals surface area contributed by atoms with Crippen molar-refractivity contribution in [2.24, 2.45) is 5.73 Å². The van der Waals surface area contributed by atoms with Crippen molar-refractivity contribution >= 4 is 35.6 Å². The zero-order valence-corrected chi connectivity index (χ0v) is 11.3. The van der Waals surface area contributed by atoms with Gasteiger partial charge in [0.2, 0.25) is 11.8 Å². The monoisotopic (exact) mass is 271 g/mol. The molecule has 1 rings (SSSR count). The van der Waals surface area contributed by atoms with Crippen LogP contribution >= 0.6 is 12.4 Å². The van der Waals surface area contributed by atoms with Crippen LogP contribution in [0.15, 0.2) is 18.2 Å². The van der Waals surface area contributed by atoms with Crippen LogP contribution in [0.25, 0.3) is 0 Å². The standard InChI is InChI=1S/C12H17N3O2.ClH/c1-8-3-4-10(14-9(2)16)7-11(8)15-12(17)5-6-13;/h3-4,7H,5-6,13H2,1-2H3,(H,14,16)(H,15,17);1H. The molecule has 0 aliphatic rings. The van der Waals surface area contributed by atoms with Gasteiger partial charge in [0.05, 0.1) is 0 Å². The maximum Gasteiger partial charge on any atom is 0.225 e. The van der Waals surface area contributed by atoms with Crippen LogP contribution < -0.4 is 16.4 Å². The number of benzene rings is 1. The lowest BCUT2D eigenvalue weighted by Crippen LogP contribution is -2.17. The van der Waals surface area contributed by atoms with Crippen molar-refractivity contribution in [3.63, 3.8) is 0 Å². The average molecular weight is 272 g/mol. The molecule has 100 valence electrons. The summed E-state index contributed by atoms with van der Waals surface area (Å²) in [6.07, 6.45) is 0.282. The molecule has 0 spiro atoms. The Morgan fingerprint density at radius 3 is 2.50 bits per heavy atom. The second kappa shape index (κ2) is 7.68. The molecule has 18 heavy (non-hydrogen) atoms. The molecule has 0 saturated heterocycles. The molecule has 0 aromatic heterocycles. The molecular formula is C12H18ClN3O2. The van der Waals surface area contributed by atoms with Crippen LogP contribution in [0.2, 0.25) is 0 Å². The molecule has 0 fully saturated rings. The summed E-state index contributed by atoms with van der Waals surface area (Å²) in [6, 6.07) is 5.35. The third-order valence-electron chi connectivity index (χ3n) is 2.20. The number of nitrogens with one attached hydrogen (secondary N) is 2. The first kappa shape index (κ1) is 16.4. The van der Waals surface area contributed by atoms with E-state index < -0.39 is 0 Å². The smallest absolute Gasteiger partial charge is 0.225 e. The lowest BCUT2D eigenvalue weighted by atomic mass is 10.1. The number of rotatable bonds is 4. The summed E-state index contributed by atoms with van der Waals surface area (Å²) in [5.74, 6) is -0.274. The van der Waals surface area contributed by atoms with Crippen LogP contribution in [-0.4, -0.2) is 18.4 Å². The number of carbonyl (C=O) groups excluding carboxylic acids is 2. The van der Waals surface area contributed by atoms with Crippen molar-refractivity contribution < 1.29 is 9.59 Å². The molecule has 4 N–H and O–H groups in total. The number of carbonyl (C=O) groups is 2. The van der Waals surface area contributed by atoms with E-state index in [1.54, 1.807) is 12.1 Å². The Morgan fingerprint density at radius 1 is 1.28 bits per heavy atom. The molecule has 0 aliphatic carbocycles. The number of nitrogens with two attached hydrogens (primary N) is 1. The molecular weight excluding hydrogens is 254 g/mol. The minimum Gasteiger partial charge on any atom is -0.330 e. The predicted molar refractivity (Wildman–Crippen MR) is 75.0 cm³/mol. The van der Waals surface area contributed by atoms with E-state index in [1.807, 2.05) is 13.0 Å². The topological polar surface area (TPSA) is 84.2 Å². The summed E-state index contributed by atoms with van der Waals surface area (Å²) in [4.78, 5) is 22.3. The van der Waals surface area contributed by atoms with Gasteiger partial charge in [0.25, 0.3) is 0 Å². The molecule has 0 atom stereocenters. The van der Waals surface area contributed by atoms with Gasteiger partial charge in [0.1, 0.15) is 0 Å². The first-order valence-electron chi connectivity index (χ1n) is 5.41. The molecule has 6 heteroatoms. The van der Waals surface area contributed by atoms with Gasteiger partial charge < -0.3 is 16.4 Å². The van der Waals surface area contributed by atoms with Crippen molar-refractivity contribution in [2.75, 3.05) is 17.2 Å². The highest BCUT2D eigenvalue weighted by atomic mass is 35.5. The van der Waals surface area contributed by atoms with Crippen molar-refractivity contribution in [1.29, 1.82) is 0 Å². The van der Waals surface area contributed by atoms with Crippen LogP contribution in [0.3, 0.4) is 0 Å². The van der Waals surface area contributed by atoms with Crippen molar-refractivity contribution in [3.05, 3.63) is 23.8 Å². The highest BCUT2D eigenvalue weighted by Crippen LogP contribution is 2.20. The molecule has 0 bridgehead atoms. The van der Waals surface area contributed by atoms with Crippen LogP contribution in [0, 0.1) is 6.92 Å². The normalized spacial score (nSPS) is 9.28. The van der Waals surface area contributed by atoms with Gasteiger partial charge in [-0.15, -0.1) is 12.4 Å². The Morgan fingerprint density at radius 2 is 1.94 bits per heavy atom. The van der Waals surface area contributed by atoms with E-state index in [-0.39, 0.29) is 30.6 Å². The Kier molecular flexibility index (Phi) is 7.00. The third kappa shape index (κ3) is 5.16. The molecule has 1 aromatic carbocycles. The Hall–Kier alpha value is -1.59. The van der Waals surface area contributed by atoms with Gasteiger partial charge in [-0.2, -0.15) is 0 Å². The Balaban J connectivity index is 0.00000289. The SMILES string of the molecule is CC(=O)Nc1ccc(C)c(NC(=O)CCN)c1.Cl. The number of hydrogen-bond acceptors (Lipinski definition) is 3. The number of hydrogen-bond donors (Lipinski definition) is 3. The van der Waals surface area contributed by atoms with Gasteiger partial charge in [-0.05, 0) is 24.6 Å². The Bertz CT molecular complexity index is 435. The first-order valence-corrected chi connectivity index (χ1v) is 5.41. The summed E-state index contributed by atoms with van der Waals surface area (Å²) in [6.45, 7) is 3.64. The van der Waals surface area contributed by atoms with Crippen LogP contribution in [0.1, 0.15) is 18.9 Å². The van der Waals surface area contributed by atoms with Crippen LogP contribution in [-0.2, 0) is 9.59 Å². The number of aryl methyl sites for hydroxylation is 1. The lowest BCUT2D eigenvalue weighted by Gasteiger charge is -2.10. The van der Waals surface area contributed by atoms with Crippen molar-refractivity contribution in [2.45, 2.75) is 20.3 Å². The summed E-state index contributed by atoms with van der Waals surface area (Å²) in [7, 11) is 0. The number of amides is 2. The molecule has 0 aliphatic heterocycles. The number of anilines is 2. The maximum absolute atomic E-state index is 11.4. The fourth-order valence-electron chi connectivity index (χ4n) is 1.38. The lowest BCUT2D eigenvalue weighted by molar-refractivity contribution is -0.116. The van der Waals surface area contributed by atoms with Gasteiger partial charge >= 0.3 is 0 Å². The van der Waals surface area contributed by atoms with E-state index in [1.165, 1.54) is 6.92 Å². The largest absolute Gasteiger partial charge is 0.330 e. The molecule has 0 saturated carbocycles. The third-order valence-corrected chi connectivity index (χ3v) is 2.20. The molecule has 2 amide bonds. The average Bonchev–Trinajstić information content (AvgIpc) is 2.22. The first-order chi connectivity index (χ1) is 8.02. The highest BCUT2D eigenvalue weighted by Gasteiger charge is 2.05. The Labute approximate surface area is 113 Å². The van der Waals surface area contributed by atoms with Gasteiger partial charge in [0, 0.05) is 31.3 Å². The molecule has 1 aromatic rings. The highest BCUT2D eigenvalue weighted by molar-refractivity contribution is 5.94. The zero-order valence-electron chi connectivity index (χ0n) is 10.4. The van der Waals surface area contributed by atoms with Gasteiger partial charge in [-0.25, -0.2) is 0 Å². The van der Waals surface area contributed by atoms with E-state index in [0.29, 0.717) is 17.9 Å². The second-order valence-electron chi connectivity index (χ2n) is 3.80. The fraction of sp³-hybridized carbons (Fsp3) is 0.333. The van der Waals surface area contributed by atoms with E-state index in [9.17, 15) is 9.59 Å². The second-order valence-corrected chi connectivity index (χ2v) is 3.80. The minimum atomic E-state index is -0.145. The molecule has 0 radical (unpaired) electrons. The summed E-state index contributed by atoms with van der Waals surface area (Å²) in [5, 5.41) is 5.42. The minimum absolute atomic E-state index is 0. The van der Waals surface area contributed by atoms with Gasteiger partial charge in [-0.1, -0.05) is 6.07 Å². The maximum atomic E-state index is 11.4. The van der Waals surface area contributed by atoms with E-state index in [4.69, 9.17) is 5.73 Å². The van der Waals surface area contributed by atoms with Gasteiger partial charge in [0.15, 0.2) is 0 Å². The summed E-state index contributed by atoms with van der Waals surface area (Å²) >= 11 is 0. The van der Waals surface area contributed by atoms with Crippen molar-refractivity contribution in [3.8, 4) is 0 Å². The van der Waals surface area contributed by atoms with E-state index in [0.717, 1.165) is 5.56 Å². The van der Waals surface area contributed by atoms with Crippen molar-refractivity contribution in [1.82, 2.24) is 0 Å². The summed E-state index contributed by atoms with van der Waals surface area (Å²) < 4.78 is 0. The quantitative estimate of drug-likeness (QED) is 0.779. The molecule has 0 unspecified atom stereocenters. The zero-order chi connectivity index (χ0) is 12.8. The van der Waals surface area contributed by atoms with Gasteiger partial charge in [-0.3, -0.25) is 9.59 Å². The fourth-order valence-corrected chi connectivity index (χ4v) is 1.38. The van der Waals surface area contributed by atoms with Crippen LogP contribution in [0.4, 0.5) is 11.4 Å².